The van der Waals surface area contributed by atoms with Gasteiger partial charge in [0.2, 0.25) is 0 Å². The van der Waals surface area contributed by atoms with Gasteiger partial charge in [0.25, 0.3) is 0 Å². The van der Waals surface area contributed by atoms with Gasteiger partial charge in [0.15, 0.2) is 0 Å². The topological polar surface area (TPSA) is 24.8 Å². The zero-order valence-corrected chi connectivity index (χ0v) is 21.0. The summed E-state index contributed by atoms with van der Waals surface area (Å²) >= 11 is 0. The van der Waals surface area contributed by atoms with Crippen LogP contribution in [-0.4, -0.2) is 5.71 Å². The molecule has 1 aliphatic heterocycles. The van der Waals surface area contributed by atoms with E-state index in [1.807, 2.05) is 62.4 Å². The second kappa shape index (κ2) is 10.3. The molecule has 0 N–H and O–H groups in total. The normalized spacial score (nSPS) is 15.5. The minimum atomic E-state index is -4.47. The minimum absolute atomic E-state index is 0.277. The van der Waals surface area contributed by atoms with Crippen LogP contribution in [0.2, 0.25) is 0 Å². The second-order valence-corrected chi connectivity index (χ2v) is 9.50. The van der Waals surface area contributed by atoms with E-state index in [0.717, 1.165) is 34.5 Å². The number of aryl methyl sites for hydroxylation is 2. The number of hydrogen-bond acceptors (Lipinski definition) is 3. The van der Waals surface area contributed by atoms with Crippen LogP contribution in [0.15, 0.2) is 96.1 Å². The first-order valence-corrected chi connectivity index (χ1v) is 12.3. The molecule has 0 radical (unpaired) electrons. The lowest BCUT2D eigenvalue weighted by atomic mass is 9.96. The smallest absolute Gasteiger partial charge is 0.416 e. The van der Waals surface area contributed by atoms with E-state index < -0.39 is 23.6 Å². The largest absolute Gasteiger partial charge is 0.488 e. The van der Waals surface area contributed by atoms with Gasteiger partial charge in [-0.05, 0) is 78.6 Å². The molecule has 5 rings (SSSR count). The predicted molar refractivity (Wildman–Crippen MR) is 141 cm³/mol. The van der Waals surface area contributed by atoms with Crippen molar-refractivity contribution in [3.63, 3.8) is 0 Å². The Morgan fingerprint density at radius 2 is 1.61 bits per heavy atom. The van der Waals surface area contributed by atoms with Crippen molar-refractivity contribution >= 4 is 11.4 Å². The third-order valence-electron chi connectivity index (χ3n) is 6.47. The standard InChI is InChI=1S/C31H26F4N2O/c1-20-13-21(2)15-26(14-20)37-29(23-9-6-10-24(16-23)31(33,34)35)18-28(36-37)27-17-25(32)11-12-30(27)38-19-22-7-4-3-5-8-22/h3-17,29H,18-19H2,1-2H3. The molecule has 1 unspecified atom stereocenters. The van der Waals surface area contributed by atoms with Crippen molar-refractivity contribution in [3.8, 4) is 5.75 Å². The molecular weight excluding hydrogens is 492 g/mol. The average molecular weight is 519 g/mol. The van der Waals surface area contributed by atoms with E-state index in [4.69, 9.17) is 9.84 Å². The summed E-state index contributed by atoms with van der Waals surface area (Å²) in [6.07, 6.45) is -4.19. The molecule has 194 valence electrons. The van der Waals surface area contributed by atoms with Crippen LogP contribution in [0.4, 0.5) is 23.2 Å². The highest BCUT2D eigenvalue weighted by Crippen LogP contribution is 2.40. The third-order valence-corrected chi connectivity index (χ3v) is 6.47. The molecule has 1 aliphatic rings. The summed E-state index contributed by atoms with van der Waals surface area (Å²) in [5.41, 5.74) is 4.48. The van der Waals surface area contributed by atoms with E-state index in [9.17, 15) is 17.6 Å². The Morgan fingerprint density at radius 1 is 0.868 bits per heavy atom. The van der Waals surface area contributed by atoms with E-state index in [0.29, 0.717) is 22.6 Å². The Hall–Kier alpha value is -4.13. The molecule has 0 saturated heterocycles. The Balaban J connectivity index is 1.56. The van der Waals surface area contributed by atoms with E-state index in [1.165, 1.54) is 18.2 Å². The number of rotatable bonds is 6. The van der Waals surface area contributed by atoms with Gasteiger partial charge >= 0.3 is 6.18 Å². The highest BCUT2D eigenvalue weighted by Gasteiger charge is 2.35. The maximum Gasteiger partial charge on any atom is 0.416 e. The molecule has 1 heterocycles. The molecule has 0 bridgehead atoms. The van der Waals surface area contributed by atoms with Gasteiger partial charge in [-0.2, -0.15) is 18.3 Å². The molecule has 0 fully saturated rings. The molecule has 7 heteroatoms. The first-order chi connectivity index (χ1) is 18.2. The van der Waals surface area contributed by atoms with Gasteiger partial charge in [-0.25, -0.2) is 4.39 Å². The quantitative estimate of drug-likeness (QED) is 0.240. The molecule has 4 aromatic carbocycles. The van der Waals surface area contributed by atoms with Gasteiger partial charge < -0.3 is 4.74 Å². The van der Waals surface area contributed by atoms with Crippen molar-refractivity contribution in [3.05, 3.63) is 130 Å². The first kappa shape index (κ1) is 25.5. The molecule has 3 nitrogen and oxygen atoms in total. The fourth-order valence-electron chi connectivity index (χ4n) is 4.76. The van der Waals surface area contributed by atoms with Crippen molar-refractivity contribution in [2.24, 2.45) is 5.10 Å². The summed E-state index contributed by atoms with van der Waals surface area (Å²) < 4.78 is 61.1. The summed E-state index contributed by atoms with van der Waals surface area (Å²) in [5.74, 6) is 0.00861. The van der Waals surface area contributed by atoms with Crippen molar-refractivity contribution in [2.45, 2.75) is 39.1 Å². The highest BCUT2D eigenvalue weighted by atomic mass is 19.4. The van der Waals surface area contributed by atoms with Crippen LogP contribution in [-0.2, 0) is 12.8 Å². The number of hydrogen-bond donors (Lipinski definition) is 0. The molecule has 38 heavy (non-hydrogen) atoms. The van der Waals surface area contributed by atoms with Gasteiger partial charge in [0.05, 0.1) is 23.0 Å². The van der Waals surface area contributed by atoms with Crippen LogP contribution in [0, 0.1) is 19.7 Å². The Morgan fingerprint density at radius 3 is 2.32 bits per heavy atom. The Kier molecular flexibility index (Phi) is 6.93. The fraction of sp³-hybridized carbons (Fsp3) is 0.194. The zero-order valence-electron chi connectivity index (χ0n) is 21.0. The highest BCUT2D eigenvalue weighted by molar-refractivity contribution is 6.05. The van der Waals surface area contributed by atoms with E-state index in [-0.39, 0.29) is 13.0 Å². The molecular formula is C31H26F4N2O. The summed E-state index contributed by atoms with van der Waals surface area (Å²) in [6.45, 7) is 4.20. The molecule has 0 spiro atoms. The lowest BCUT2D eigenvalue weighted by molar-refractivity contribution is -0.137. The van der Waals surface area contributed by atoms with Crippen LogP contribution in [0.25, 0.3) is 0 Å². The van der Waals surface area contributed by atoms with Crippen molar-refractivity contribution in [2.75, 3.05) is 5.01 Å². The van der Waals surface area contributed by atoms with Gasteiger partial charge in [-0.15, -0.1) is 0 Å². The van der Waals surface area contributed by atoms with Crippen molar-refractivity contribution < 1.29 is 22.3 Å². The van der Waals surface area contributed by atoms with Gasteiger partial charge in [0.1, 0.15) is 18.2 Å². The van der Waals surface area contributed by atoms with Gasteiger partial charge in [0, 0.05) is 12.0 Å². The van der Waals surface area contributed by atoms with Crippen LogP contribution in [0.3, 0.4) is 0 Å². The van der Waals surface area contributed by atoms with Gasteiger partial charge in [-0.1, -0.05) is 48.5 Å². The lowest BCUT2D eigenvalue weighted by Crippen LogP contribution is -2.19. The summed E-state index contributed by atoms with van der Waals surface area (Å²) in [5, 5.41) is 6.57. The second-order valence-electron chi connectivity index (χ2n) is 9.50. The number of benzene rings is 4. The maximum atomic E-state index is 14.4. The van der Waals surface area contributed by atoms with Crippen LogP contribution >= 0.6 is 0 Å². The molecule has 0 amide bonds. The molecule has 1 atom stereocenters. The third kappa shape index (κ3) is 5.57. The monoisotopic (exact) mass is 518 g/mol. The van der Waals surface area contributed by atoms with E-state index >= 15 is 0 Å². The fourth-order valence-corrected chi connectivity index (χ4v) is 4.76. The maximum absolute atomic E-state index is 14.4. The number of ether oxygens (including phenoxy) is 1. The molecule has 0 aromatic heterocycles. The number of nitrogens with zero attached hydrogens (tertiary/aromatic N) is 2. The Bertz CT molecular complexity index is 1460. The number of halogens is 4. The summed E-state index contributed by atoms with van der Waals surface area (Å²) in [7, 11) is 0. The van der Waals surface area contributed by atoms with Crippen LogP contribution in [0.5, 0.6) is 5.75 Å². The van der Waals surface area contributed by atoms with E-state index in [1.54, 1.807) is 17.1 Å². The summed E-state index contributed by atoms with van der Waals surface area (Å²) in [6, 6.07) is 24.5. The number of hydrazone groups is 1. The molecule has 0 aliphatic carbocycles. The predicted octanol–water partition coefficient (Wildman–Crippen LogP) is 8.40. The SMILES string of the molecule is Cc1cc(C)cc(N2N=C(c3cc(F)ccc3OCc3ccccc3)CC2c2cccc(C(F)(F)F)c2)c1. The average Bonchev–Trinajstić information content (AvgIpc) is 3.33. The summed E-state index contributed by atoms with van der Waals surface area (Å²) in [4.78, 5) is 0. The lowest BCUT2D eigenvalue weighted by Gasteiger charge is -2.25. The molecule has 0 saturated carbocycles. The van der Waals surface area contributed by atoms with Crippen molar-refractivity contribution in [1.82, 2.24) is 0 Å². The molecule has 4 aromatic rings. The van der Waals surface area contributed by atoms with E-state index in [2.05, 4.69) is 0 Å². The van der Waals surface area contributed by atoms with Crippen molar-refractivity contribution in [1.29, 1.82) is 0 Å². The number of alkyl halides is 3. The van der Waals surface area contributed by atoms with Crippen LogP contribution in [0.1, 0.15) is 45.8 Å². The Labute approximate surface area is 219 Å². The minimum Gasteiger partial charge on any atom is -0.488 e. The van der Waals surface area contributed by atoms with Gasteiger partial charge in [-0.3, -0.25) is 5.01 Å². The zero-order chi connectivity index (χ0) is 26.9. The number of anilines is 1. The first-order valence-electron chi connectivity index (χ1n) is 12.3. The van der Waals surface area contributed by atoms with Crippen LogP contribution < -0.4 is 9.75 Å².